The molecule has 0 radical (unpaired) electrons. The molecular weight excluding hydrogens is 140 g/mol. The van der Waals surface area contributed by atoms with Crippen LogP contribution in [-0.4, -0.2) is 23.4 Å². The maximum absolute atomic E-state index is 5.21. The molecule has 0 amide bonds. The molecule has 1 saturated heterocycles. The zero-order chi connectivity index (χ0) is 7.73. The topological polar surface area (TPSA) is 37.9 Å². The highest BCUT2D eigenvalue weighted by atomic mass is 16.5. The van der Waals surface area contributed by atoms with E-state index in [1.807, 2.05) is 12.4 Å². The molecule has 0 saturated carbocycles. The second-order valence-electron chi connectivity index (χ2n) is 3.11. The molecule has 0 aliphatic carbocycles. The lowest BCUT2D eigenvalue weighted by atomic mass is 9.78. The van der Waals surface area contributed by atoms with E-state index in [1.54, 1.807) is 0 Å². The summed E-state index contributed by atoms with van der Waals surface area (Å²) >= 11 is 0. The third-order valence-electron chi connectivity index (χ3n) is 2.54. The van der Waals surface area contributed by atoms with Crippen molar-refractivity contribution in [1.82, 2.24) is 10.2 Å². The molecular formula is C8H12N2O. The predicted molar refractivity (Wildman–Crippen MR) is 41.4 cm³/mol. The molecule has 11 heavy (non-hydrogen) atoms. The van der Waals surface area contributed by atoms with E-state index in [-0.39, 0.29) is 5.41 Å². The number of rotatable bonds is 2. The Hall–Kier alpha value is -0.830. The third kappa shape index (κ3) is 0.878. The quantitative estimate of drug-likeness (QED) is 0.688. The van der Waals surface area contributed by atoms with Gasteiger partial charge in [-0.2, -0.15) is 5.10 Å². The number of aromatic amines is 1. The Balaban J connectivity index is 2.25. The molecule has 0 bridgehead atoms. The van der Waals surface area contributed by atoms with E-state index in [1.165, 1.54) is 5.56 Å². The molecule has 2 rings (SSSR count). The van der Waals surface area contributed by atoms with Gasteiger partial charge >= 0.3 is 0 Å². The van der Waals surface area contributed by atoms with Crippen LogP contribution in [0.3, 0.4) is 0 Å². The van der Waals surface area contributed by atoms with Crippen molar-refractivity contribution in [2.45, 2.75) is 18.8 Å². The van der Waals surface area contributed by atoms with Gasteiger partial charge in [-0.3, -0.25) is 5.10 Å². The maximum Gasteiger partial charge on any atom is 0.0586 e. The van der Waals surface area contributed by atoms with Crippen LogP contribution in [0.25, 0.3) is 0 Å². The van der Waals surface area contributed by atoms with Crippen LogP contribution < -0.4 is 0 Å². The largest absolute Gasteiger partial charge is 0.379 e. The molecule has 1 aromatic heterocycles. The first-order valence-corrected chi connectivity index (χ1v) is 3.94. The van der Waals surface area contributed by atoms with Gasteiger partial charge in [0.15, 0.2) is 0 Å². The molecule has 2 heterocycles. The normalized spacial score (nSPS) is 21.2. The lowest BCUT2D eigenvalue weighted by Crippen LogP contribution is -2.45. The minimum atomic E-state index is 0.271. The van der Waals surface area contributed by atoms with Crippen molar-refractivity contribution in [3.63, 3.8) is 0 Å². The fourth-order valence-electron chi connectivity index (χ4n) is 1.46. The van der Waals surface area contributed by atoms with Gasteiger partial charge in [0.1, 0.15) is 0 Å². The Morgan fingerprint density at radius 3 is 2.91 bits per heavy atom. The average Bonchev–Trinajstić information content (AvgIpc) is 2.39. The van der Waals surface area contributed by atoms with Gasteiger partial charge in [-0.05, 0) is 6.42 Å². The van der Waals surface area contributed by atoms with Crippen LogP contribution >= 0.6 is 0 Å². The number of hydrogen-bond acceptors (Lipinski definition) is 2. The fourth-order valence-corrected chi connectivity index (χ4v) is 1.46. The Morgan fingerprint density at radius 2 is 2.55 bits per heavy atom. The highest BCUT2D eigenvalue weighted by Crippen LogP contribution is 2.34. The monoisotopic (exact) mass is 152 g/mol. The summed E-state index contributed by atoms with van der Waals surface area (Å²) in [5, 5.41) is 6.77. The zero-order valence-corrected chi connectivity index (χ0v) is 6.63. The second kappa shape index (κ2) is 2.34. The minimum absolute atomic E-state index is 0.271. The highest BCUT2D eigenvalue weighted by Gasteiger charge is 2.39. The molecule has 1 fully saturated rings. The summed E-state index contributed by atoms with van der Waals surface area (Å²) in [4.78, 5) is 0. The molecule has 60 valence electrons. The molecule has 3 heteroatoms. The number of H-pyrrole nitrogens is 1. The van der Waals surface area contributed by atoms with E-state index in [9.17, 15) is 0 Å². The minimum Gasteiger partial charge on any atom is -0.379 e. The number of nitrogens with one attached hydrogen (secondary N) is 1. The van der Waals surface area contributed by atoms with Gasteiger partial charge in [0.05, 0.1) is 19.4 Å². The van der Waals surface area contributed by atoms with Crippen LogP contribution in [0, 0.1) is 0 Å². The van der Waals surface area contributed by atoms with Crippen LogP contribution in [0.5, 0.6) is 0 Å². The van der Waals surface area contributed by atoms with Crippen LogP contribution in [0.4, 0.5) is 0 Å². The Kier molecular flexibility index (Phi) is 1.46. The summed E-state index contributed by atoms with van der Waals surface area (Å²) in [6.45, 7) is 3.89. The van der Waals surface area contributed by atoms with Crippen molar-refractivity contribution in [3.8, 4) is 0 Å². The first-order valence-electron chi connectivity index (χ1n) is 3.94. The SMILES string of the molecule is CCC1(c2cn[nH]c2)COC1. The molecule has 1 aromatic rings. The molecule has 0 aromatic carbocycles. The number of ether oxygens (including phenoxy) is 1. The standard InChI is InChI=1S/C8H12N2O/c1-2-8(5-11-6-8)7-3-9-10-4-7/h3-4H,2,5-6H2,1H3,(H,9,10). The predicted octanol–water partition coefficient (Wildman–Crippen LogP) is 1.09. The van der Waals surface area contributed by atoms with Gasteiger partial charge in [0, 0.05) is 17.2 Å². The van der Waals surface area contributed by atoms with E-state index in [0.717, 1.165) is 19.6 Å². The number of hydrogen-bond donors (Lipinski definition) is 1. The molecule has 3 nitrogen and oxygen atoms in total. The van der Waals surface area contributed by atoms with Gasteiger partial charge in [-0.15, -0.1) is 0 Å². The van der Waals surface area contributed by atoms with Crippen molar-refractivity contribution >= 4 is 0 Å². The lowest BCUT2D eigenvalue weighted by Gasteiger charge is -2.40. The molecule has 0 unspecified atom stereocenters. The molecule has 0 spiro atoms. The lowest BCUT2D eigenvalue weighted by molar-refractivity contribution is -0.0620. The van der Waals surface area contributed by atoms with Crippen LogP contribution in [0.2, 0.25) is 0 Å². The van der Waals surface area contributed by atoms with Crippen molar-refractivity contribution in [3.05, 3.63) is 18.0 Å². The molecule has 1 N–H and O–H groups in total. The Bertz CT molecular complexity index is 221. The third-order valence-corrected chi connectivity index (χ3v) is 2.54. The van der Waals surface area contributed by atoms with E-state index in [4.69, 9.17) is 4.74 Å². The van der Waals surface area contributed by atoms with Crippen molar-refractivity contribution < 1.29 is 4.74 Å². The maximum atomic E-state index is 5.21. The summed E-state index contributed by atoms with van der Waals surface area (Å²) in [7, 11) is 0. The van der Waals surface area contributed by atoms with Crippen molar-refractivity contribution in [2.24, 2.45) is 0 Å². The van der Waals surface area contributed by atoms with Gasteiger partial charge in [0.25, 0.3) is 0 Å². The van der Waals surface area contributed by atoms with Crippen LogP contribution in [-0.2, 0) is 10.2 Å². The summed E-state index contributed by atoms with van der Waals surface area (Å²) < 4.78 is 5.21. The first kappa shape index (κ1) is 6.85. The van der Waals surface area contributed by atoms with Gasteiger partial charge < -0.3 is 4.74 Å². The van der Waals surface area contributed by atoms with Crippen molar-refractivity contribution in [2.75, 3.05) is 13.2 Å². The van der Waals surface area contributed by atoms with E-state index >= 15 is 0 Å². The summed E-state index contributed by atoms with van der Waals surface area (Å²) in [6, 6.07) is 0. The smallest absolute Gasteiger partial charge is 0.0586 e. The van der Waals surface area contributed by atoms with Gasteiger partial charge in [-0.25, -0.2) is 0 Å². The molecule has 1 aliphatic heterocycles. The summed E-state index contributed by atoms with van der Waals surface area (Å²) in [6.07, 6.45) is 4.99. The van der Waals surface area contributed by atoms with Crippen LogP contribution in [0.1, 0.15) is 18.9 Å². The number of nitrogens with zero attached hydrogens (tertiary/aromatic N) is 1. The summed E-state index contributed by atoms with van der Waals surface area (Å²) in [5.74, 6) is 0. The summed E-state index contributed by atoms with van der Waals surface area (Å²) in [5.41, 5.74) is 1.55. The Labute approximate surface area is 65.8 Å². The van der Waals surface area contributed by atoms with E-state index in [0.29, 0.717) is 0 Å². The van der Waals surface area contributed by atoms with E-state index in [2.05, 4.69) is 17.1 Å². The van der Waals surface area contributed by atoms with E-state index < -0.39 is 0 Å². The molecule has 0 atom stereocenters. The molecule has 1 aliphatic rings. The average molecular weight is 152 g/mol. The first-order chi connectivity index (χ1) is 5.37. The van der Waals surface area contributed by atoms with Gasteiger partial charge in [-0.1, -0.05) is 6.92 Å². The number of aromatic nitrogens is 2. The Morgan fingerprint density at radius 1 is 1.73 bits per heavy atom. The fraction of sp³-hybridized carbons (Fsp3) is 0.625. The zero-order valence-electron chi connectivity index (χ0n) is 6.63. The highest BCUT2D eigenvalue weighted by molar-refractivity contribution is 5.21. The second-order valence-corrected chi connectivity index (χ2v) is 3.11. The van der Waals surface area contributed by atoms with Crippen LogP contribution in [0.15, 0.2) is 12.4 Å². The van der Waals surface area contributed by atoms with Gasteiger partial charge in [0.2, 0.25) is 0 Å². The van der Waals surface area contributed by atoms with Crippen molar-refractivity contribution in [1.29, 1.82) is 0 Å².